The van der Waals surface area contributed by atoms with Gasteiger partial charge in [-0.05, 0) is 19.4 Å². The lowest BCUT2D eigenvalue weighted by atomic mass is 10.2. The maximum absolute atomic E-state index is 4.66. The van der Waals surface area contributed by atoms with E-state index in [1.807, 2.05) is 11.7 Å². The first-order chi connectivity index (χ1) is 7.43. The van der Waals surface area contributed by atoms with Gasteiger partial charge in [-0.1, -0.05) is 0 Å². The Morgan fingerprint density at radius 2 is 2.40 bits per heavy atom. The maximum atomic E-state index is 4.66. The summed E-state index contributed by atoms with van der Waals surface area (Å²) in [5.41, 5.74) is 3.05. The molecule has 0 aliphatic carbocycles. The average molecular weight is 237 g/mol. The molecule has 1 unspecified atom stereocenters. The Labute approximate surface area is 96.2 Å². The monoisotopic (exact) mass is 237 g/mol. The first-order valence-corrected chi connectivity index (χ1v) is 6.77. The van der Waals surface area contributed by atoms with Crippen molar-refractivity contribution in [3.05, 3.63) is 22.8 Å². The number of rotatable bonds is 2. The van der Waals surface area contributed by atoms with Crippen LogP contribution in [-0.2, 0) is 0 Å². The summed E-state index contributed by atoms with van der Waals surface area (Å²) < 4.78 is 0. The summed E-state index contributed by atoms with van der Waals surface area (Å²) in [5, 5.41) is 6.73. The molecule has 3 rings (SSSR count). The first-order valence-electron chi connectivity index (χ1n) is 5.01. The van der Waals surface area contributed by atoms with Crippen LogP contribution in [0.4, 0.5) is 0 Å². The molecule has 0 saturated carbocycles. The molecule has 2 aromatic rings. The van der Waals surface area contributed by atoms with Crippen molar-refractivity contribution in [2.75, 3.05) is 6.54 Å². The zero-order chi connectivity index (χ0) is 10.1. The quantitative estimate of drug-likeness (QED) is 0.872. The zero-order valence-corrected chi connectivity index (χ0v) is 9.77. The van der Waals surface area contributed by atoms with Gasteiger partial charge in [0.05, 0.1) is 22.1 Å². The average Bonchev–Trinajstić information content (AvgIpc) is 3.02. The SMILES string of the molecule is c1ncc(-c2nc(C3CCCN3)cs2)s1. The van der Waals surface area contributed by atoms with Crippen molar-refractivity contribution in [1.82, 2.24) is 15.3 Å². The third kappa shape index (κ3) is 1.82. The van der Waals surface area contributed by atoms with Crippen LogP contribution >= 0.6 is 22.7 Å². The predicted octanol–water partition coefficient (Wildman–Crippen LogP) is 2.69. The van der Waals surface area contributed by atoms with Crippen molar-refractivity contribution in [2.45, 2.75) is 18.9 Å². The van der Waals surface area contributed by atoms with Crippen molar-refractivity contribution in [1.29, 1.82) is 0 Å². The number of nitrogens with one attached hydrogen (secondary N) is 1. The Morgan fingerprint density at radius 1 is 1.40 bits per heavy atom. The van der Waals surface area contributed by atoms with Gasteiger partial charge in [-0.15, -0.1) is 22.7 Å². The molecule has 3 nitrogen and oxygen atoms in total. The second-order valence-electron chi connectivity index (χ2n) is 3.59. The lowest BCUT2D eigenvalue weighted by Crippen LogP contribution is -2.12. The largest absolute Gasteiger partial charge is 0.309 e. The Morgan fingerprint density at radius 3 is 3.13 bits per heavy atom. The number of hydrogen-bond acceptors (Lipinski definition) is 5. The van der Waals surface area contributed by atoms with Gasteiger partial charge in [0, 0.05) is 11.6 Å². The lowest BCUT2D eigenvalue weighted by molar-refractivity contribution is 0.632. The van der Waals surface area contributed by atoms with Gasteiger partial charge in [0.1, 0.15) is 5.01 Å². The van der Waals surface area contributed by atoms with E-state index in [9.17, 15) is 0 Å². The fourth-order valence-electron chi connectivity index (χ4n) is 1.82. The van der Waals surface area contributed by atoms with Crippen LogP contribution in [0.2, 0.25) is 0 Å². The maximum Gasteiger partial charge on any atom is 0.135 e. The van der Waals surface area contributed by atoms with Crippen LogP contribution in [0.3, 0.4) is 0 Å². The van der Waals surface area contributed by atoms with Gasteiger partial charge >= 0.3 is 0 Å². The van der Waals surface area contributed by atoms with E-state index >= 15 is 0 Å². The standard InChI is InChI=1S/C10H11N3S2/c1-2-7(12-3-1)8-5-14-10(13-8)9-4-11-6-15-9/h4-7,12H,1-3H2. The summed E-state index contributed by atoms with van der Waals surface area (Å²) in [7, 11) is 0. The van der Waals surface area contributed by atoms with Gasteiger partial charge in [-0.25, -0.2) is 4.98 Å². The molecule has 0 bridgehead atoms. The van der Waals surface area contributed by atoms with Crippen molar-refractivity contribution in [3.63, 3.8) is 0 Å². The highest BCUT2D eigenvalue weighted by atomic mass is 32.1. The van der Waals surface area contributed by atoms with Crippen LogP contribution < -0.4 is 5.32 Å². The number of aromatic nitrogens is 2. The van der Waals surface area contributed by atoms with E-state index in [2.05, 4.69) is 20.7 Å². The van der Waals surface area contributed by atoms with Gasteiger partial charge in [-0.2, -0.15) is 0 Å². The molecule has 5 heteroatoms. The molecule has 3 heterocycles. The van der Waals surface area contributed by atoms with Crippen LogP contribution in [0.15, 0.2) is 17.1 Å². The van der Waals surface area contributed by atoms with Crippen LogP contribution in [0.25, 0.3) is 9.88 Å². The summed E-state index contributed by atoms with van der Waals surface area (Å²) in [6.45, 7) is 1.12. The van der Waals surface area contributed by atoms with E-state index in [1.54, 1.807) is 22.7 Å². The van der Waals surface area contributed by atoms with E-state index in [0.29, 0.717) is 6.04 Å². The minimum atomic E-state index is 0.475. The topological polar surface area (TPSA) is 37.8 Å². The van der Waals surface area contributed by atoms with E-state index in [1.165, 1.54) is 23.4 Å². The summed E-state index contributed by atoms with van der Waals surface area (Å²) in [5.74, 6) is 0. The second-order valence-corrected chi connectivity index (χ2v) is 5.34. The predicted molar refractivity (Wildman–Crippen MR) is 63.2 cm³/mol. The minimum Gasteiger partial charge on any atom is -0.309 e. The van der Waals surface area contributed by atoms with Crippen LogP contribution in [0, 0.1) is 0 Å². The number of thiazole rings is 2. The molecular weight excluding hydrogens is 226 g/mol. The normalized spacial score (nSPS) is 20.9. The highest BCUT2D eigenvalue weighted by Gasteiger charge is 2.19. The Balaban J connectivity index is 1.87. The molecule has 2 aromatic heterocycles. The molecule has 0 radical (unpaired) electrons. The molecule has 1 aliphatic rings. The summed E-state index contributed by atoms with van der Waals surface area (Å²) in [6, 6.07) is 0.475. The highest BCUT2D eigenvalue weighted by Crippen LogP contribution is 2.31. The lowest BCUT2D eigenvalue weighted by Gasteiger charge is -2.04. The van der Waals surface area contributed by atoms with E-state index < -0.39 is 0 Å². The van der Waals surface area contributed by atoms with Crippen LogP contribution in [0.5, 0.6) is 0 Å². The Bertz CT molecular complexity index is 429. The molecule has 1 saturated heterocycles. The summed E-state index contributed by atoms with van der Waals surface area (Å²) in [6.07, 6.45) is 4.36. The molecule has 1 atom stereocenters. The van der Waals surface area contributed by atoms with Crippen molar-refractivity contribution < 1.29 is 0 Å². The molecule has 0 amide bonds. The fraction of sp³-hybridized carbons (Fsp3) is 0.400. The second kappa shape index (κ2) is 4.00. The highest BCUT2D eigenvalue weighted by molar-refractivity contribution is 7.19. The smallest absolute Gasteiger partial charge is 0.135 e. The molecule has 0 aromatic carbocycles. The zero-order valence-electron chi connectivity index (χ0n) is 8.14. The molecule has 78 valence electrons. The van der Waals surface area contributed by atoms with Crippen LogP contribution in [-0.4, -0.2) is 16.5 Å². The van der Waals surface area contributed by atoms with Gasteiger partial charge in [0.2, 0.25) is 0 Å². The summed E-state index contributed by atoms with van der Waals surface area (Å²) in [4.78, 5) is 9.91. The number of nitrogens with zero attached hydrogens (tertiary/aromatic N) is 2. The molecule has 1 aliphatic heterocycles. The van der Waals surface area contributed by atoms with Gasteiger partial charge < -0.3 is 5.32 Å². The molecule has 15 heavy (non-hydrogen) atoms. The molecular formula is C10H11N3S2. The Hall–Kier alpha value is -0.780. The van der Waals surface area contributed by atoms with E-state index in [-0.39, 0.29) is 0 Å². The van der Waals surface area contributed by atoms with Crippen molar-refractivity contribution in [2.24, 2.45) is 0 Å². The molecule has 0 spiro atoms. The summed E-state index contributed by atoms with van der Waals surface area (Å²) >= 11 is 3.36. The van der Waals surface area contributed by atoms with Crippen molar-refractivity contribution in [3.8, 4) is 9.88 Å². The molecule has 1 N–H and O–H groups in total. The van der Waals surface area contributed by atoms with E-state index in [4.69, 9.17) is 0 Å². The van der Waals surface area contributed by atoms with Crippen LogP contribution in [0.1, 0.15) is 24.6 Å². The third-order valence-corrected chi connectivity index (χ3v) is 4.39. The number of hydrogen-bond donors (Lipinski definition) is 1. The van der Waals surface area contributed by atoms with Gasteiger partial charge in [-0.3, -0.25) is 4.98 Å². The minimum absolute atomic E-state index is 0.475. The first kappa shape index (κ1) is 9.45. The fourth-order valence-corrected chi connectivity index (χ4v) is 3.39. The molecule has 1 fully saturated rings. The third-order valence-electron chi connectivity index (χ3n) is 2.58. The van der Waals surface area contributed by atoms with Crippen molar-refractivity contribution >= 4 is 22.7 Å². The van der Waals surface area contributed by atoms with Gasteiger partial charge in [0.25, 0.3) is 0 Å². The van der Waals surface area contributed by atoms with Gasteiger partial charge in [0.15, 0.2) is 0 Å². The van der Waals surface area contributed by atoms with E-state index in [0.717, 1.165) is 11.6 Å². The Kier molecular flexibility index (Phi) is 2.52.